The minimum absolute atomic E-state index is 0.0227. The molecule has 0 saturated carbocycles. The summed E-state index contributed by atoms with van der Waals surface area (Å²) in [7, 11) is 5.39. The monoisotopic (exact) mass is 774 g/mol. The quantitative estimate of drug-likeness (QED) is 0.0265. The molecule has 55 heavy (non-hydrogen) atoms. The Morgan fingerprint density at radius 1 is 0.564 bits per heavy atom. The molecule has 0 N–H and O–H groups in total. The van der Waals surface area contributed by atoms with E-state index < -0.39 is 18.1 Å². The third kappa shape index (κ3) is 36.7. The van der Waals surface area contributed by atoms with Gasteiger partial charge in [-0.15, -0.1) is 0 Å². The highest BCUT2D eigenvalue weighted by Gasteiger charge is 2.25. The van der Waals surface area contributed by atoms with Crippen LogP contribution in [0.25, 0.3) is 0 Å². The second-order valence-electron chi connectivity index (χ2n) is 15.9. The largest absolute Gasteiger partial charge is 0.544 e. The van der Waals surface area contributed by atoms with E-state index in [1.807, 2.05) is 0 Å². The molecule has 0 bridgehead atoms. The van der Waals surface area contributed by atoms with Crippen molar-refractivity contribution in [3.63, 3.8) is 0 Å². The maximum atomic E-state index is 12.7. The van der Waals surface area contributed by atoms with Crippen LogP contribution in [-0.4, -0.2) is 75.5 Å². The minimum atomic E-state index is -1.13. The molecule has 0 spiro atoms. The second kappa shape index (κ2) is 38.2. The van der Waals surface area contributed by atoms with Crippen LogP contribution >= 0.6 is 0 Å². The highest BCUT2D eigenvalue weighted by Crippen LogP contribution is 2.14. The van der Waals surface area contributed by atoms with E-state index in [1.54, 1.807) is 21.1 Å². The fraction of sp³-hybridized carbons (Fsp3) is 0.766. The molecule has 2 atom stereocenters. The Labute approximate surface area is 337 Å². The van der Waals surface area contributed by atoms with Gasteiger partial charge in [-0.1, -0.05) is 146 Å². The number of likely N-dealkylation sites (N-methyl/N-ethyl adjacent to an activating group) is 1. The molecule has 0 fully saturated rings. The molecule has 0 aliphatic carbocycles. The molecule has 0 aliphatic heterocycles. The number of carboxylic acids is 1. The molecule has 0 rings (SSSR count). The number of allylic oxidation sites excluding steroid dienone is 8. The molecular weight excluding hydrogens is 691 g/mol. The summed E-state index contributed by atoms with van der Waals surface area (Å²) in [6, 6.07) is -0.733. The van der Waals surface area contributed by atoms with Gasteiger partial charge in [0, 0.05) is 19.3 Å². The van der Waals surface area contributed by atoms with Gasteiger partial charge < -0.3 is 28.6 Å². The summed E-state index contributed by atoms with van der Waals surface area (Å²) in [4.78, 5) is 36.8. The average molecular weight is 774 g/mol. The lowest BCUT2D eigenvalue weighted by atomic mass is 10.1. The van der Waals surface area contributed by atoms with Gasteiger partial charge in [0.1, 0.15) is 12.6 Å². The lowest BCUT2D eigenvalue weighted by Crippen LogP contribution is -2.55. The summed E-state index contributed by atoms with van der Waals surface area (Å²) in [6.07, 6.45) is 44.4. The molecule has 8 heteroatoms. The number of nitrogens with zero attached hydrogens (tertiary/aromatic N) is 1. The van der Waals surface area contributed by atoms with Gasteiger partial charge in [-0.05, 0) is 64.2 Å². The molecule has 0 amide bonds. The first-order valence-corrected chi connectivity index (χ1v) is 22.2. The maximum absolute atomic E-state index is 12.7. The zero-order valence-electron chi connectivity index (χ0n) is 36.1. The van der Waals surface area contributed by atoms with Crippen molar-refractivity contribution in [2.24, 2.45) is 0 Å². The van der Waals surface area contributed by atoms with Crippen LogP contribution in [0.15, 0.2) is 48.6 Å². The van der Waals surface area contributed by atoms with Crippen LogP contribution in [0.3, 0.4) is 0 Å². The zero-order chi connectivity index (χ0) is 40.7. The number of esters is 2. The average Bonchev–Trinajstić information content (AvgIpc) is 3.14. The number of quaternary nitrogens is 1. The van der Waals surface area contributed by atoms with Crippen LogP contribution in [0.5, 0.6) is 0 Å². The first kappa shape index (κ1) is 52.3. The van der Waals surface area contributed by atoms with E-state index in [0.717, 1.165) is 44.9 Å². The van der Waals surface area contributed by atoms with E-state index in [9.17, 15) is 19.5 Å². The lowest BCUT2D eigenvalue weighted by Gasteiger charge is -2.34. The Morgan fingerprint density at radius 3 is 1.58 bits per heavy atom. The lowest BCUT2D eigenvalue weighted by molar-refractivity contribution is -0.889. The number of aliphatic carboxylic acids is 1. The summed E-state index contributed by atoms with van der Waals surface area (Å²) >= 11 is 0. The minimum Gasteiger partial charge on any atom is -0.544 e. The highest BCUT2D eigenvalue weighted by atomic mass is 16.6. The number of ether oxygens (including phenoxy) is 3. The van der Waals surface area contributed by atoms with Gasteiger partial charge in [0.15, 0.2) is 6.10 Å². The van der Waals surface area contributed by atoms with Crippen molar-refractivity contribution < 1.29 is 38.2 Å². The van der Waals surface area contributed by atoms with Gasteiger partial charge in [-0.3, -0.25) is 9.59 Å². The molecule has 0 heterocycles. The molecule has 0 aromatic carbocycles. The smallest absolute Gasteiger partial charge is 0.306 e. The first-order valence-electron chi connectivity index (χ1n) is 22.2. The van der Waals surface area contributed by atoms with Gasteiger partial charge in [0.05, 0.1) is 40.3 Å². The van der Waals surface area contributed by atoms with Crippen LogP contribution < -0.4 is 5.11 Å². The van der Waals surface area contributed by atoms with Crippen molar-refractivity contribution in [3.8, 4) is 0 Å². The van der Waals surface area contributed by atoms with Gasteiger partial charge in [-0.25, -0.2) is 0 Å². The summed E-state index contributed by atoms with van der Waals surface area (Å²) in [5.41, 5.74) is 0. The Hall–Kier alpha value is -2.71. The molecule has 2 unspecified atom stereocenters. The summed E-state index contributed by atoms with van der Waals surface area (Å²) < 4.78 is 17.1. The maximum Gasteiger partial charge on any atom is 0.306 e. The number of carbonyl (C=O) groups is 3. The molecule has 0 saturated heterocycles. The van der Waals surface area contributed by atoms with E-state index >= 15 is 0 Å². The first-order chi connectivity index (χ1) is 26.6. The Kier molecular flexibility index (Phi) is 36.3. The zero-order valence-corrected chi connectivity index (χ0v) is 36.1. The topological polar surface area (TPSA) is 102 Å². The molecule has 318 valence electrons. The van der Waals surface area contributed by atoms with Crippen molar-refractivity contribution in [2.75, 3.05) is 41.0 Å². The second-order valence-corrected chi connectivity index (χ2v) is 15.9. The summed E-state index contributed by atoms with van der Waals surface area (Å²) in [6.45, 7) is 4.48. The van der Waals surface area contributed by atoms with Gasteiger partial charge in [-0.2, -0.15) is 0 Å². The number of carbonyl (C=O) groups excluding carboxylic acids is 3. The number of hydrogen-bond donors (Lipinski definition) is 0. The third-order valence-corrected chi connectivity index (χ3v) is 9.70. The third-order valence-electron chi connectivity index (χ3n) is 9.70. The normalized spacial score (nSPS) is 13.4. The molecule has 0 radical (unpaired) electrons. The van der Waals surface area contributed by atoms with Crippen LogP contribution in [0, 0.1) is 0 Å². The van der Waals surface area contributed by atoms with Gasteiger partial charge >= 0.3 is 11.9 Å². The van der Waals surface area contributed by atoms with Gasteiger partial charge in [0.2, 0.25) is 0 Å². The predicted octanol–water partition coefficient (Wildman–Crippen LogP) is 10.7. The predicted molar refractivity (Wildman–Crippen MR) is 226 cm³/mol. The van der Waals surface area contributed by atoms with E-state index in [1.165, 1.54) is 96.3 Å². The Morgan fingerprint density at radius 2 is 1.04 bits per heavy atom. The fourth-order valence-corrected chi connectivity index (χ4v) is 6.26. The van der Waals surface area contributed by atoms with Gasteiger partial charge in [0.25, 0.3) is 0 Å². The van der Waals surface area contributed by atoms with E-state index in [-0.39, 0.29) is 49.1 Å². The standard InChI is InChI=1S/C47H83NO7/c1-6-8-10-12-14-16-18-19-20-21-22-23-24-25-26-28-30-32-34-36-38-46(50)55-43(41-53-40-39-44(47(51)52)48(3,4)5)42-54-45(49)37-35-33-31-29-27-17-15-13-11-9-7-2/h9,11,15,17,22-23,29,31,43-44H,6-8,10,12-14,16,18-21,24-28,30,32-42H2,1-5H3/b11-9+,17-15+,23-22+,31-29+. The van der Waals surface area contributed by atoms with E-state index in [2.05, 4.69) is 62.5 Å². The van der Waals surface area contributed by atoms with Crippen molar-refractivity contribution in [1.29, 1.82) is 0 Å². The van der Waals surface area contributed by atoms with Crippen LogP contribution in [0.1, 0.15) is 181 Å². The Bertz CT molecular complexity index is 1040. The molecule has 0 aromatic heterocycles. The van der Waals surface area contributed by atoms with E-state index in [4.69, 9.17) is 14.2 Å². The van der Waals surface area contributed by atoms with Crippen molar-refractivity contribution >= 4 is 17.9 Å². The molecule has 0 aliphatic rings. The summed E-state index contributed by atoms with van der Waals surface area (Å²) in [5, 5.41) is 11.6. The Balaban J connectivity index is 4.33. The number of rotatable bonds is 39. The van der Waals surface area contributed by atoms with Crippen LogP contribution in [0.2, 0.25) is 0 Å². The fourth-order valence-electron chi connectivity index (χ4n) is 6.26. The number of carboxylic acid groups (broad SMARTS) is 1. The molecular formula is C47H83NO7. The SMILES string of the molecule is CC/C=C/C/C=C/C/C=C/CCCC(=O)OCC(COCCC(C(=O)[O-])[N+](C)(C)C)OC(=O)CCCCCCCCC/C=C/CCCCCCCCCCC. The summed E-state index contributed by atoms with van der Waals surface area (Å²) in [5.74, 6) is -1.81. The highest BCUT2D eigenvalue weighted by molar-refractivity contribution is 5.70. The van der Waals surface area contributed by atoms with Crippen molar-refractivity contribution in [1.82, 2.24) is 0 Å². The van der Waals surface area contributed by atoms with E-state index in [0.29, 0.717) is 12.8 Å². The van der Waals surface area contributed by atoms with Crippen molar-refractivity contribution in [2.45, 2.75) is 193 Å². The van der Waals surface area contributed by atoms with Crippen LogP contribution in [-0.2, 0) is 28.6 Å². The number of hydrogen-bond acceptors (Lipinski definition) is 7. The molecule has 8 nitrogen and oxygen atoms in total. The molecule has 0 aromatic rings. The van der Waals surface area contributed by atoms with Crippen molar-refractivity contribution in [3.05, 3.63) is 48.6 Å². The number of unbranched alkanes of at least 4 members (excludes halogenated alkanes) is 17. The van der Waals surface area contributed by atoms with Crippen LogP contribution in [0.4, 0.5) is 0 Å².